The van der Waals surface area contributed by atoms with Gasteiger partial charge in [0, 0.05) is 10.7 Å². The van der Waals surface area contributed by atoms with Crippen molar-refractivity contribution in [2.24, 2.45) is 0 Å². The second kappa shape index (κ2) is 6.31. The number of pyridine rings is 1. The van der Waals surface area contributed by atoms with Gasteiger partial charge in [-0.2, -0.15) is 5.26 Å². The van der Waals surface area contributed by atoms with Crippen LogP contribution in [0.4, 0.5) is 5.82 Å². The Labute approximate surface area is 125 Å². The van der Waals surface area contributed by atoms with Gasteiger partial charge in [-0.1, -0.05) is 30.3 Å². The Balaban J connectivity index is 2.21. The van der Waals surface area contributed by atoms with E-state index in [2.05, 4.69) is 26.2 Å². The molecule has 1 amide bonds. The Morgan fingerprint density at radius 1 is 1.40 bits per heavy atom. The van der Waals surface area contributed by atoms with Crippen LogP contribution in [0.2, 0.25) is 0 Å². The van der Waals surface area contributed by atoms with Gasteiger partial charge in [-0.15, -0.1) is 0 Å². The van der Waals surface area contributed by atoms with Gasteiger partial charge in [0.15, 0.2) is 5.92 Å². The number of halogens is 1. The molecule has 4 nitrogen and oxygen atoms in total. The number of aromatic nitrogens is 1. The van der Waals surface area contributed by atoms with Gasteiger partial charge in [0.25, 0.3) is 0 Å². The first kappa shape index (κ1) is 14.2. The van der Waals surface area contributed by atoms with Crippen LogP contribution in [-0.4, -0.2) is 10.9 Å². The molecule has 0 radical (unpaired) electrons. The van der Waals surface area contributed by atoms with E-state index in [4.69, 9.17) is 0 Å². The first-order valence-electron chi connectivity index (χ1n) is 5.99. The molecule has 5 heteroatoms. The molecule has 0 fully saturated rings. The number of aryl methyl sites for hydroxylation is 1. The molecule has 1 aromatic carbocycles. The summed E-state index contributed by atoms with van der Waals surface area (Å²) in [6.07, 6.45) is 1.60. The lowest BCUT2D eigenvalue weighted by Crippen LogP contribution is -2.21. The van der Waals surface area contributed by atoms with E-state index in [-0.39, 0.29) is 5.91 Å². The highest BCUT2D eigenvalue weighted by Crippen LogP contribution is 2.20. The van der Waals surface area contributed by atoms with Gasteiger partial charge in [0.2, 0.25) is 5.91 Å². The minimum Gasteiger partial charge on any atom is -0.309 e. The number of amides is 1. The third-order valence-corrected chi connectivity index (χ3v) is 3.24. The highest BCUT2D eigenvalue weighted by Gasteiger charge is 2.20. The van der Waals surface area contributed by atoms with Gasteiger partial charge >= 0.3 is 0 Å². The van der Waals surface area contributed by atoms with Crippen LogP contribution >= 0.6 is 15.9 Å². The first-order chi connectivity index (χ1) is 9.61. The van der Waals surface area contributed by atoms with Crippen molar-refractivity contribution < 1.29 is 4.79 Å². The molecule has 2 aromatic rings. The van der Waals surface area contributed by atoms with E-state index in [1.807, 2.05) is 25.1 Å². The predicted octanol–water partition coefficient (Wildman–Crippen LogP) is 3.40. The Kier molecular flexibility index (Phi) is 4.49. The summed E-state index contributed by atoms with van der Waals surface area (Å²) in [7, 11) is 0. The van der Waals surface area contributed by atoms with Crippen molar-refractivity contribution in [3.05, 3.63) is 58.2 Å². The Morgan fingerprint density at radius 2 is 2.10 bits per heavy atom. The second-order valence-corrected chi connectivity index (χ2v) is 5.20. The molecule has 0 bridgehead atoms. The number of nitrogens with zero attached hydrogens (tertiary/aromatic N) is 2. The van der Waals surface area contributed by atoms with Gasteiger partial charge in [0.1, 0.15) is 5.82 Å². The van der Waals surface area contributed by atoms with Crippen LogP contribution in [0.3, 0.4) is 0 Å². The van der Waals surface area contributed by atoms with E-state index in [1.54, 1.807) is 30.5 Å². The minimum absolute atomic E-state index is 0.378. The van der Waals surface area contributed by atoms with Gasteiger partial charge in [0.05, 0.1) is 6.07 Å². The molecule has 0 aliphatic rings. The second-order valence-electron chi connectivity index (χ2n) is 4.28. The molecule has 0 saturated heterocycles. The monoisotopic (exact) mass is 329 g/mol. The highest BCUT2D eigenvalue weighted by atomic mass is 79.9. The maximum atomic E-state index is 12.2. The molecule has 1 aromatic heterocycles. The molecule has 0 aliphatic carbocycles. The van der Waals surface area contributed by atoms with E-state index < -0.39 is 5.92 Å². The van der Waals surface area contributed by atoms with Crippen LogP contribution in [0, 0.1) is 18.3 Å². The van der Waals surface area contributed by atoms with Gasteiger partial charge < -0.3 is 5.32 Å². The number of nitrogens with one attached hydrogen (secondary N) is 1. The molecule has 20 heavy (non-hydrogen) atoms. The molecule has 0 saturated carbocycles. The zero-order valence-corrected chi connectivity index (χ0v) is 12.4. The van der Waals surface area contributed by atoms with Crippen LogP contribution in [0.5, 0.6) is 0 Å². The van der Waals surface area contributed by atoms with Crippen molar-refractivity contribution in [3.63, 3.8) is 0 Å². The van der Waals surface area contributed by atoms with Crippen molar-refractivity contribution in [1.29, 1.82) is 5.26 Å². The standard InChI is InChI=1S/C15H12BrN3O/c1-10-7-12(16)9-18-14(10)19-15(20)13(8-17)11-5-3-2-4-6-11/h2-7,9,13H,1H3,(H,18,19,20). The largest absolute Gasteiger partial charge is 0.309 e. The lowest BCUT2D eigenvalue weighted by Gasteiger charge is -2.11. The number of nitriles is 1. The summed E-state index contributed by atoms with van der Waals surface area (Å²) in [5.41, 5.74) is 1.50. The summed E-state index contributed by atoms with van der Waals surface area (Å²) in [5, 5.41) is 11.9. The van der Waals surface area contributed by atoms with Crippen LogP contribution in [-0.2, 0) is 4.79 Å². The minimum atomic E-state index is -0.846. The summed E-state index contributed by atoms with van der Waals surface area (Å²) in [6.45, 7) is 1.84. The van der Waals surface area contributed by atoms with E-state index in [1.165, 1.54) is 0 Å². The average Bonchev–Trinajstić information content (AvgIpc) is 2.44. The van der Waals surface area contributed by atoms with Crippen LogP contribution < -0.4 is 5.32 Å². The number of hydrogen-bond donors (Lipinski definition) is 1. The van der Waals surface area contributed by atoms with E-state index >= 15 is 0 Å². The number of carbonyl (C=O) groups is 1. The topological polar surface area (TPSA) is 65.8 Å². The summed E-state index contributed by atoms with van der Waals surface area (Å²) >= 11 is 3.31. The lowest BCUT2D eigenvalue weighted by atomic mass is 10.00. The molecule has 2 rings (SSSR count). The maximum absolute atomic E-state index is 12.2. The summed E-state index contributed by atoms with van der Waals surface area (Å²) in [6, 6.07) is 12.8. The maximum Gasteiger partial charge on any atom is 0.247 e. The van der Waals surface area contributed by atoms with E-state index in [0.29, 0.717) is 11.4 Å². The molecule has 0 aliphatic heterocycles. The molecule has 1 atom stereocenters. The number of carbonyl (C=O) groups excluding carboxylic acids is 1. The molecule has 0 spiro atoms. The number of anilines is 1. The quantitative estimate of drug-likeness (QED) is 0.938. The zero-order valence-electron chi connectivity index (χ0n) is 10.8. The van der Waals surface area contributed by atoms with Gasteiger partial charge in [-0.3, -0.25) is 4.79 Å². The smallest absolute Gasteiger partial charge is 0.247 e. The lowest BCUT2D eigenvalue weighted by molar-refractivity contribution is -0.116. The van der Waals surface area contributed by atoms with Crippen LogP contribution in [0.25, 0.3) is 0 Å². The molecular weight excluding hydrogens is 318 g/mol. The Hall–Kier alpha value is -2.19. The fourth-order valence-corrected chi connectivity index (χ4v) is 2.24. The molecular formula is C15H12BrN3O. The van der Waals surface area contributed by atoms with Crippen molar-refractivity contribution in [1.82, 2.24) is 4.98 Å². The van der Waals surface area contributed by atoms with Crippen molar-refractivity contribution in [2.75, 3.05) is 5.32 Å². The molecule has 1 heterocycles. The summed E-state index contributed by atoms with van der Waals surface area (Å²) < 4.78 is 0.841. The first-order valence-corrected chi connectivity index (χ1v) is 6.78. The average molecular weight is 330 g/mol. The van der Waals surface area contributed by atoms with Crippen molar-refractivity contribution >= 4 is 27.7 Å². The number of benzene rings is 1. The number of rotatable bonds is 3. The summed E-state index contributed by atoms with van der Waals surface area (Å²) in [4.78, 5) is 16.3. The fraction of sp³-hybridized carbons (Fsp3) is 0.133. The van der Waals surface area contributed by atoms with E-state index in [0.717, 1.165) is 10.0 Å². The van der Waals surface area contributed by atoms with Gasteiger partial charge in [-0.25, -0.2) is 4.98 Å². The van der Waals surface area contributed by atoms with Crippen LogP contribution in [0.15, 0.2) is 47.1 Å². The SMILES string of the molecule is Cc1cc(Br)cnc1NC(=O)C(C#N)c1ccccc1. The predicted molar refractivity (Wildman–Crippen MR) is 80.1 cm³/mol. The number of hydrogen-bond acceptors (Lipinski definition) is 3. The molecule has 1 N–H and O–H groups in total. The molecule has 1 unspecified atom stereocenters. The van der Waals surface area contributed by atoms with Crippen molar-refractivity contribution in [2.45, 2.75) is 12.8 Å². The Bertz CT molecular complexity index is 665. The molecule has 100 valence electrons. The zero-order chi connectivity index (χ0) is 14.5. The van der Waals surface area contributed by atoms with Crippen molar-refractivity contribution in [3.8, 4) is 6.07 Å². The Morgan fingerprint density at radius 3 is 2.70 bits per heavy atom. The highest BCUT2D eigenvalue weighted by molar-refractivity contribution is 9.10. The third-order valence-electron chi connectivity index (χ3n) is 2.81. The fourth-order valence-electron chi connectivity index (χ4n) is 1.79. The van der Waals surface area contributed by atoms with Gasteiger partial charge in [-0.05, 0) is 40.0 Å². The van der Waals surface area contributed by atoms with Crippen LogP contribution in [0.1, 0.15) is 17.0 Å². The third kappa shape index (κ3) is 3.22. The normalized spacial score (nSPS) is 11.4. The van der Waals surface area contributed by atoms with E-state index in [9.17, 15) is 10.1 Å². The summed E-state index contributed by atoms with van der Waals surface area (Å²) in [5.74, 6) is -0.757.